The van der Waals surface area contributed by atoms with Crippen molar-refractivity contribution in [3.63, 3.8) is 0 Å². The van der Waals surface area contributed by atoms with Crippen molar-refractivity contribution in [1.82, 2.24) is 9.78 Å². The van der Waals surface area contributed by atoms with Gasteiger partial charge >= 0.3 is 0 Å². The maximum Gasteiger partial charge on any atom is 0.0629 e. The fourth-order valence-electron chi connectivity index (χ4n) is 2.35. The van der Waals surface area contributed by atoms with Crippen LogP contribution in [0, 0.1) is 20.8 Å². The van der Waals surface area contributed by atoms with Gasteiger partial charge in [-0.15, -0.1) is 0 Å². The first-order valence-corrected chi connectivity index (χ1v) is 6.30. The Bertz CT molecular complexity index is 555. The molecule has 96 valence electrons. The molecule has 0 fully saturated rings. The second-order valence-corrected chi connectivity index (χ2v) is 5.00. The standard InChI is InChI=1S/C15H21N3/c1-10-6-5-7-13(8-10)15(16)9-14-11(2)17-18(4)12(14)3/h5-8,15H,9,16H2,1-4H3. The van der Waals surface area contributed by atoms with Gasteiger partial charge in [-0.2, -0.15) is 5.10 Å². The molecule has 1 unspecified atom stereocenters. The van der Waals surface area contributed by atoms with E-state index in [0.717, 1.165) is 12.1 Å². The van der Waals surface area contributed by atoms with Gasteiger partial charge in [-0.1, -0.05) is 29.8 Å². The van der Waals surface area contributed by atoms with E-state index in [1.807, 2.05) is 18.7 Å². The van der Waals surface area contributed by atoms with Crippen LogP contribution in [-0.4, -0.2) is 9.78 Å². The average molecular weight is 243 g/mol. The number of aryl methyl sites for hydroxylation is 3. The van der Waals surface area contributed by atoms with E-state index in [2.05, 4.69) is 43.2 Å². The molecule has 1 aromatic heterocycles. The Morgan fingerprint density at radius 2 is 2.00 bits per heavy atom. The second-order valence-electron chi connectivity index (χ2n) is 5.00. The zero-order valence-corrected chi connectivity index (χ0v) is 11.6. The Balaban J connectivity index is 2.24. The first kappa shape index (κ1) is 12.8. The highest BCUT2D eigenvalue weighted by Gasteiger charge is 2.14. The van der Waals surface area contributed by atoms with Crippen LogP contribution < -0.4 is 5.73 Å². The zero-order chi connectivity index (χ0) is 13.3. The van der Waals surface area contributed by atoms with Gasteiger partial charge in [0.15, 0.2) is 0 Å². The van der Waals surface area contributed by atoms with E-state index in [1.54, 1.807) is 0 Å². The van der Waals surface area contributed by atoms with Crippen LogP contribution in [0.25, 0.3) is 0 Å². The summed E-state index contributed by atoms with van der Waals surface area (Å²) in [5.41, 5.74) is 12.3. The molecule has 2 aromatic rings. The van der Waals surface area contributed by atoms with Crippen molar-refractivity contribution in [1.29, 1.82) is 0 Å². The Morgan fingerprint density at radius 1 is 1.28 bits per heavy atom. The largest absolute Gasteiger partial charge is 0.324 e. The van der Waals surface area contributed by atoms with E-state index in [9.17, 15) is 0 Å². The van der Waals surface area contributed by atoms with E-state index >= 15 is 0 Å². The van der Waals surface area contributed by atoms with Crippen molar-refractivity contribution < 1.29 is 0 Å². The lowest BCUT2D eigenvalue weighted by Gasteiger charge is -2.13. The minimum absolute atomic E-state index is 0.0338. The summed E-state index contributed by atoms with van der Waals surface area (Å²) < 4.78 is 1.92. The molecule has 1 heterocycles. The summed E-state index contributed by atoms with van der Waals surface area (Å²) in [6.07, 6.45) is 0.842. The number of hydrogen-bond donors (Lipinski definition) is 1. The monoisotopic (exact) mass is 243 g/mol. The highest BCUT2D eigenvalue weighted by atomic mass is 15.3. The fraction of sp³-hybridized carbons (Fsp3) is 0.400. The molecule has 1 aromatic carbocycles. The highest BCUT2D eigenvalue weighted by molar-refractivity contribution is 5.30. The Kier molecular flexibility index (Phi) is 3.53. The summed E-state index contributed by atoms with van der Waals surface area (Å²) in [5.74, 6) is 0. The zero-order valence-electron chi connectivity index (χ0n) is 11.6. The quantitative estimate of drug-likeness (QED) is 0.900. The van der Waals surface area contributed by atoms with Crippen LogP contribution in [0.1, 0.15) is 34.1 Å². The first-order chi connectivity index (χ1) is 8.49. The molecule has 0 aliphatic rings. The van der Waals surface area contributed by atoms with Gasteiger partial charge in [-0.05, 0) is 38.3 Å². The van der Waals surface area contributed by atoms with E-state index in [0.29, 0.717) is 0 Å². The first-order valence-electron chi connectivity index (χ1n) is 6.30. The predicted octanol–water partition coefficient (Wildman–Crippen LogP) is 2.59. The van der Waals surface area contributed by atoms with Gasteiger partial charge in [0.25, 0.3) is 0 Å². The molecule has 18 heavy (non-hydrogen) atoms. The number of hydrogen-bond acceptors (Lipinski definition) is 2. The maximum absolute atomic E-state index is 6.31. The van der Waals surface area contributed by atoms with Gasteiger partial charge in [0, 0.05) is 18.8 Å². The number of rotatable bonds is 3. The third kappa shape index (κ3) is 2.46. The topological polar surface area (TPSA) is 43.8 Å². The number of nitrogens with zero attached hydrogens (tertiary/aromatic N) is 2. The van der Waals surface area contributed by atoms with Crippen LogP contribution in [0.15, 0.2) is 24.3 Å². The highest BCUT2D eigenvalue weighted by Crippen LogP contribution is 2.21. The molecular weight excluding hydrogens is 222 g/mol. The Labute approximate surface area is 109 Å². The molecular formula is C15H21N3. The van der Waals surface area contributed by atoms with Crippen molar-refractivity contribution in [2.24, 2.45) is 12.8 Å². The molecule has 0 saturated heterocycles. The Hall–Kier alpha value is -1.61. The SMILES string of the molecule is Cc1cccc(C(N)Cc2c(C)nn(C)c2C)c1. The molecule has 0 aliphatic heterocycles. The third-order valence-corrected chi connectivity index (χ3v) is 3.55. The average Bonchev–Trinajstić information content (AvgIpc) is 2.56. The lowest BCUT2D eigenvalue weighted by Crippen LogP contribution is -2.14. The number of aromatic nitrogens is 2. The van der Waals surface area contributed by atoms with E-state index in [1.165, 1.54) is 22.4 Å². The molecule has 3 nitrogen and oxygen atoms in total. The van der Waals surface area contributed by atoms with Gasteiger partial charge < -0.3 is 5.73 Å². The minimum Gasteiger partial charge on any atom is -0.324 e. The number of nitrogens with two attached hydrogens (primary N) is 1. The van der Waals surface area contributed by atoms with Crippen LogP contribution in [-0.2, 0) is 13.5 Å². The normalized spacial score (nSPS) is 12.7. The van der Waals surface area contributed by atoms with Gasteiger partial charge in [0.2, 0.25) is 0 Å². The molecule has 0 saturated carbocycles. The molecule has 3 heteroatoms. The summed E-state index contributed by atoms with van der Waals surface area (Å²) in [4.78, 5) is 0. The minimum atomic E-state index is 0.0338. The summed E-state index contributed by atoms with van der Waals surface area (Å²) in [7, 11) is 1.98. The smallest absolute Gasteiger partial charge is 0.0629 e. The van der Waals surface area contributed by atoms with Crippen LogP contribution in [0.3, 0.4) is 0 Å². The molecule has 1 atom stereocenters. The van der Waals surface area contributed by atoms with Crippen molar-refractivity contribution >= 4 is 0 Å². The summed E-state index contributed by atoms with van der Waals surface area (Å²) in [6, 6.07) is 8.45. The van der Waals surface area contributed by atoms with E-state index in [4.69, 9.17) is 5.73 Å². The van der Waals surface area contributed by atoms with Crippen LogP contribution in [0.5, 0.6) is 0 Å². The van der Waals surface area contributed by atoms with Gasteiger partial charge in [0.1, 0.15) is 0 Å². The predicted molar refractivity (Wildman–Crippen MR) is 74.5 cm³/mol. The van der Waals surface area contributed by atoms with Crippen molar-refractivity contribution in [3.05, 3.63) is 52.3 Å². The lowest BCUT2D eigenvalue weighted by molar-refractivity contribution is 0.707. The van der Waals surface area contributed by atoms with Crippen molar-refractivity contribution in [2.75, 3.05) is 0 Å². The molecule has 0 bridgehead atoms. The lowest BCUT2D eigenvalue weighted by atomic mass is 9.97. The Morgan fingerprint density at radius 3 is 2.56 bits per heavy atom. The molecule has 0 radical (unpaired) electrons. The molecule has 0 spiro atoms. The van der Waals surface area contributed by atoms with Crippen LogP contribution in [0.4, 0.5) is 0 Å². The maximum atomic E-state index is 6.31. The summed E-state index contributed by atoms with van der Waals surface area (Å²) in [6.45, 7) is 6.24. The summed E-state index contributed by atoms with van der Waals surface area (Å²) in [5, 5.41) is 4.44. The van der Waals surface area contributed by atoms with Gasteiger partial charge in [-0.3, -0.25) is 4.68 Å². The molecule has 0 aliphatic carbocycles. The van der Waals surface area contributed by atoms with Crippen LogP contribution in [0.2, 0.25) is 0 Å². The fourth-order valence-corrected chi connectivity index (χ4v) is 2.35. The second kappa shape index (κ2) is 4.94. The van der Waals surface area contributed by atoms with E-state index in [-0.39, 0.29) is 6.04 Å². The molecule has 2 N–H and O–H groups in total. The molecule has 0 amide bonds. The summed E-state index contributed by atoms with van der Waals surface area (Å²) >= 11 is 0. The van der Waals surface area contributed by atoms with Crippen molar-refractivity contribution in [3.8, 4) is 0 Å². The van der Waals surface area contributed by atoms with Gasteiger partial charge in [-0.25, -0.2) is 0 Å². The van der Waals surface area contributed by atoms with Crippen molar-refractivity contribution in [2.45, 2.75) is 33.2 Å². The van der Waals surface area contributed by atoms with Crippen LogP contribution >= 0.6 is 0 Å². The molecule has 2 rings (SSSR count). The van der Waals surface area contributed by atoms with Gasteiger partial charge in [0.05, 0.1) is 5.69 Å². The number of benzene rings is 1. The third-order valence-electron chi connectivity index (χ3n) is 3.55. The van der Waals surface area contributed by atoms with E-state index < -0.39 is 0 Å².